The molecule has 0 amide bonds. The minimum atomic E-state index is 1.22. The molecule has 0 N–H and O–H groups in total. The van der Waals surface area contributed by atoms with Crippen LogP contribution in [0.1, 0.15) is 149 Å². The SMILES string of the molecule is CCCCCCCCCCCCN(CCCCCCCCCCCC)CCN1CCN(CC)CC1. The maximum atomic E-state index is 2.82. The zero-order valence-corrected chi connectivity index (χ0v) is 24.8. The van der Waals surface area contributed by atoms with Crippen LogP contribution in [0.2, 0.25) is 0 Å². The van der Waals surface area contributed by atoms with Gasteiger partial charge in [-0.05, 0) is 32.5 Å². The lowest BCUT2D eigenvalue weighted by atomic mass is 10.1. The second-order valence-electron chi connectivity index (χ2n) is 11.5. The molecule has 35 heavy (non-hydrogen) atoms. The molecule has 1 saturated heterocycles. The Morgan fingerprint density at radius 1 is 0.400 bits per heavy atom. The van der Waals surface area contributed by atoms with Gasteiger partial charge in [-0.2, -0.15) is 0 Å². The van der Waals surface area contributed by atoms with Crippen molar-refractivity contribution in [1.29, 1.82) is 0 Å². The number of piperazine rings is 1. The molecule has 1 heterocycles. The highest BCUT2D eigenvalue weighted by Gasteiger charge is 2.16. The van der Waals surface area contributed by atoms with E-state index in [2.05, 4.69) is 35.5 Å². The van der Waals surface area contributed by atoms with E-state index >= 15 is 0 Å². The smallest absolute Gasteiger partial charge is 0.0110 e. The summed E-state index contributed by atoms with van der Waals surface area (Å²) in [6.45, 7) is 18.5. The number of nitrogens with zero attached hydrogens (tertiary/aromatic N) is 3. The largest absolute Gasteiger partial charge is 0.302 e. The van der Waals surface area contributed by atoms with Gasteiger partial charge in [-0.25, -0.2) is 0 Å². The van der Waals surface area contributed by atoms with Crippen LogP contribution in [0.15, 0.2) is 0 Å². The molecule has 0 spiro atoms. The summed E-state index contributed by atoms with van der Waals surface area (Å²) in [6.07, 6.45) is 28.9. The van der Waals surface area contributed by atoms with Crippen LogP contribution in [0.3, 0.4) is 0 Å². The van der Waals surface area contributed by atoms with Crippen molar-refractivity contribution in [2.24, 2.45) is 0 Å². The predicted molar refractivity (Wildman–Crippen MR) is 159 cm³/mol. The molecular weight excluding hydrogens is 426 g/mol. The number of unbranched alkanes of at least 4 members (excludes halogenated alkanes) is 18. The zero-order chi connectivity index (χ0) is 25.2. The van der Waals surface area contributed by atoms with E-state index in [9.17, 15) is 0 Å². The topological polar surface area (TPSA) is 9.72 Å². The van der Waals surface area contributed by atoms with Crippen molar-refractivity contribution in [2.45, 2.75) is 149 Å². The van der Waals surface area contributed by atoms with E-state index in [-0.39, 0.29) is 0 Å². The van der Waals surface area contributed by atoms with Crippen molar-refractivity contribution >= 4 is 0 Å². The fourth-order valence-corrected chi connectivity index (χ4v) is 5.59. The molecule has 3 nitrogen and oxygen atoms in total. The molecule has 0 aliphatic carbocycles. The summed E-state index contributed by atoms with van der Waals surface area (Å²) >= 11 is 0. The average Bonchev–Trinajstić information content (AvgIpc) is 2.89. The minimum absolute atomic E-state index is 1.22. The van der Waals surface area contributed by atoms with Crippen LogP contribution in [0, 0.1) is 0 Å². The van der Waals surface area contributed by atoms with Crippen molar-refractivity contribution in [2.75, 3.05) is 58.9 Å². The molecule has 3 heteroatoms. The second kappa shape index (κ2) is 25.5. The third-order valence-electron chi connectivity index (χ3n) is 8.30. The molecule has 1 rings (SSSR count). The van der Waals surface area contributed by atoms with Gasteiger partial charge in [-0.3, -0.25) is 4.90 Å². The van der Waals surface area contributed by atoms with E-state index in [0.29, 0.717) is 0 Å². The van der Waals surface area contributed by atoms with Gasteiger partial charge < -0.3 is 9.80 Å². The van der Waals surface area contributed by atoms with Gasteiger partial charge in [0.15, 0.2) is 0 Å². The maximum absolute atomic E-state index is 2.82. The lowest BCUT2D eigenvalue weighted by Crippen LogP contribution is -2.48. The minimum Gasteiger partial charge on any atom is -0.302 e. The monoisotopic (exact) mass is 494 g/mol. The third kappa shape index (κ3) is 20.6. The summed E-state index contributed by atoms with van der Waals surface area (Å²) in [7, 11) is 0. The molecule has 0 saturated carbocycles. The Morgan fingerprint density at radius 2 is 0.743 bits per heavy atom. The number of hydrogen-bond donors (Lipinski definition) is 0. The molecule has 1 aliphatic rings. The van der Waals surface area contributed by atoms with Crippen molar-refractivity contribution in [3.63, 3.8) is 0 Å². The molecule has 0 atom stereocenters. The highest BCUT2D eigenvalue weighted by atomic mass is 15.3. The normalized spacial score (nSPS) is 15.4. The molecule has 0 unspecified atom stereocenters. The van der Waals surface area contributed by atoms with E-state index in [0.717, 1.165) is 0 Å². The summed E-state index contributed by atoms with van der Waals surface area (Å²) in [4.78, 5) is 8.14. The van der Waals surface area contributed by atoms with E-state index in [1.54, 1.807) is 0 Å². The Bertz CT molecular complexity index is 382. The molecule has 0 radical (unpaired) electrons. The summed E-state index contributed by atoms with van der Waals surface area (Å²) < 4.78 is 0. The van der Waals surface area contributed by atoms with Crippen LogP contribution in [-0.4, -0.2) is 73.6 Å². The van der Waals surface area contributed by atoms with Crippen LogP contribution in [-0.2, 0) is 0 Å². The fourth-order valence-electron chi connectivity index (χ4n) is 5.59. The van der Waals surface area contributed by atoms with Crippen LogP contribution in [0.5, 0.6) is 0 Å². The van der Waals surface area contributed by atoms with Crippen molar-refractivity contribution < 1.29 is 0 Å². The molecular formula is C32H67N3. The van der Waals surface area contributed by atoms with Gasteiger partial charge in [0.2, 0.25) is 0 Å². The van der Waals surface area contributed by atoms with Crippen molar-refractivity contribution in [1.82, 2.24) is 14.7 Å². The first-order valence-electron chi connectivity index (χ1n) is 16.5. The molecule has 0 aromatic rings. The molecule has 1 aliphatic heterocycles. The molecule has 0 aromatic carbocycles. The summed E-state index contributed by atoms with van der Waals surface area (Å²) in [5.41, 5.74) is 0. The Hall–Kier alpha value is -0.120. The van der Waals surface area contributed by atoms with Gasteiger partial charge in [-0.15, -0.1) is 0 Å². The molecule has 0 bridgehead atoms. The lowest BCUT2D eigenvalue weighted by molar-refractivity contribution is 0.121. The Labute approximate surface area is 222 Å². The summed E-state index contributed by atoms with van der Waals surface area (Å²) in [5, 5.41) is 0. The fraction of sp³-hybridized carbons (Fsp3) is 1.00. The Morgan fingerprint density at radius 3 is 1.11 bits per heavy atom. The van der Waals surface area contributed by atoms with E-state index < -0.39 is 0 Å². The zero-order valence-electron chi connectivity index (χ0n) is 24.8. The first-order chi connectivity index (χ1) is 17.3. The maximum Gasteiger partial charge on any atom is 0.0110 e. The highest BCUT2D eigenvalue weighted by Crippen LogP contribution is 2.13. The first kappa shape index (κ1) is 32.9. The van der Waals surface area contributed by atoms with Crippen molar-refractivity contribution in [3.05, 3.63) is 0 Å². The van der Waals surface area contributed by atoms with E-state index in [4.69, 9.17) is 0 Å². The van der Waals surface area contributed by atoms with Crippen LogP contribution in [0.25, 0.3) is 0 Å². The quantitative estimate of drug-likeness (QED) is 0.111. The number of likely N-dealkylation sites (N-methyl/N-ethyl adjacent to an activating group) is 1. The van der Waals surface area contributed by atoms with Gasteiger partial charge >= 0.3 is 0 Å². The first-order valence-corrected chi connectivity index (χ1v) is 16.5. The highest BCUT2D eigenvalue weighted by molar-refractivity contribution is 4.72. The van der Waals surface area contributed by atoms with E-state index in [1.165, 1.54) is 187 Å². The van der Waals surface area contributed by atoms with Gasteiger partial charge in [-0.1, -0.05) is 136 Å². The summed E-state index contributed by atoms with van der Waals surface area (Å²) in [6, 6.07) is 0. The van der Waals surface area contributed by atoms with Gasteiger partial charge in [0.1, 0.15) is 0 Å². The van der Waals surface area contributed by atoms with Crippen LogP contribution >= 0.6 is 0 Å². The van der Waals surface area contributed by atoms with Gasteiger partial charge in [0.25, 0.3) is 0 Å². The molecule has 210 valence electrons. The number of rotatable bonds is 26. The molecule has 1 fully saturated rings. The number of hydrogen-bond acceptors (Lipinski definition) is 3. The van der Waals surface area contributed by atoms with Crippen LogP contribution < -0.4 is 0 Å². The Balaban J connectivity index is 2.14. The van der Waals surface area contributed by atoms with Crippen LogP contribution in [0.4, 0.5) is 0 Å². The van der Waals surface area contributed by atoms with E-state index in [1.807, 2.05) is 0 Å². The predicted octanol–water partition coefficient (Wildman–Crippen LogP) is 8.77. The van der Waals surface area contributed by atoms with Gasteiger partial charge in [0, 0.05) is 39.3 Å². The second-order valence-corrected chi connectivity index (χ2v) is 11.5. The standard InChI is InChI=1S/C32H67N3/c1-4-7-9-11-13-15-17-19-21-23-25-34(31-32-35-29-27-33(6-3)28-30-35)26-24-22-20-18-16-14-12-10-8-5-2/h4-32H2,1-3H3. The Kier molecular flexibility index (Phi) is 24.0. The third-order valence-corrected chi connectivity index (χ3v) is 8.30. The lowest BCUT2D eigenvalue weighted by Gasteiger charge is -2.35. The van der Waals surface area contributed by atoms with Crippen molar-refractivity contribution in [3.8, 4) is 0 Å². The average molecular weight is 494 g/mol. The molecule has 0 aromatic heterocycles. The van der Waals surface area contributed by atoms with Gasteiger partial charge in [0.05, 0.1) is 0 Å². The summed E-state index contributed by atoms with van der Waals surface area (Å²) in [5.74, 6) is 0.